The molecule has 0 atom stereocenters. The first-order valence-electron chi connectivity index (χ1n) is 10.7. The van der Waals surface area contributed by atoms with Crippen molar-refractivity contribution >= 4 is 39.5 Å². The highest BCUT2D eigenvalue weighted by molar-refractivity contribution is 7.17. The number of pyridine rings is 1. The second kappa shape index (κ2) is 8.53. The highest BCUT2D eigenvalue weighted by Crippen LogP contribution is 2.25. The minimum atomic E-state index is 0.471. The molecule has 0 amide bonds. The molecule has 166 valence electrons. The van der Waals surface area contributed by atoms with Crippen molar-refractivity contribution in [2.24, 2.45) is 0 Å². The van der Waals surface area contributed by atoms with Crippen LogP contribution in [0.15, 0.2) is 72.9 Å². The lowest BCUT2D eigenvalue weighted by atomic mass is 10.2. The van der Waals surface area contributed by atoms with Gasteiger partial charge in [0.05, 0.1) is 24.7 Å². The SMILES string of the molecule is COc1ccc(/C=C\c2nn3c(Cn4c(-c5ccccn5)nc5ccccc54)nnc3s2)cc1. The van der Waals surface area contributed by atoms with Gasteiger partial charge in [-0.3, -0.25) is 4.98 Å². The summed E-state index contributed by atoms with van der Waals surface area (Å²) in [7, 11) is 1.66. The van der Waals surface area contributed by atoms with Crippen molar-refractivity contribution in [3.63, 3.8) is 0 Å². The van der Waals surface area contributed by atoms with E-state index in [9.17, 15) is 0 Å². The predicted molar refractivity (Wildman–Crippen MR) is 133 cm³/mol. The number of ether oxygens (including phenoxy) is 1. The molecule has 0 saturated heterocycles. The fourth-order valence-electron chi connectivity index (χ4n) is 3.79. The standard InChI is InChI=1S/C25H19N7OS/c1-33-18-12-9-17(10-13-18)11-14-23-30-32-22(28-29-25(32)34-23)16-31-21-8-3-2-6-19(21)27-24(31)20-7-4-5-15-26-20/h2-15H,16H2,1H3/b14-11-. The number of benzene rings is 2. The maximum Gasteiger partial charge on any atom is 0.235 e. The molecule has 4 aromatic heterocycles. The van der Waals surface area contributed by atoms with E-state index in [4.69, 9.17) is 14.8 Å². The Balaban J connectivity index is 1.35. The van der Waals surface area contributed by atoms with Crippen LogP contribution in [-0.4, -0.2) is 41.5 Å². The van der Waals surface area contributed by atoms with E-state index in [1.807, 2.05) is 72.8 Å². The van der Waals surface area contributed by atoms with Crippen molar-refractivity contribution in [2.45, 2.75) is 6.54 Å². The van der Waals surface area contributed by atoms with E-state index < -0.39 is 0 Å². The largest absolute Gasteiger partial charge is 0.497 e. The Bertz CT molecular complexity index is 1610. The van der Waals surface area contributed by atoms with E-state index in [2.05, 4.69) is 25.8 Å². The fourth-order valence-corrected chi connectivity index (χ4v) is 4.55. The molecule has 6 aromatic rings. The minimum absolute atomic E-state index is 0.471. The van der Waals surface area contributed by atoms with E-state index in [1.165, 1.54) is 11.3 Å². The summed E-state index contributed by atoms with van der Waals surface area (Å²) in [5, 5.41) is 14.3. The summed E-state index contributed by atoms with van der Waals surface area (Å²) >= 11 is 1.49. The Hall–Kier alpha value is -4.37. The highest BCUT2D eigenvalue weighted by atomic mass is 32.1. The first-order chi connectivity index (χ1) is 16.8. The quantitative estimate of drug-likeness (QED) is 0.351. The first-order valence-corrected chi connectivity index (χ1v) is 11.5. The van der Waals surface area contributed by atoms with Gasteiger partial charge in [0.1, 0.15) is 16.5 Å². The van der Waals surface area contributed by atoms with Crippen molar-refractivity contribution in [1.82, 2.24) is 34.3 Å². The molecule has 0 N–H and O–H groups in total. The van der Waals surface area contributed by atoms with Crippen LogP contribution in [0.25, 0.3) is 39.7 Å². The number of fused-ring (bicyclic) bond motifs is 2. The van der Waals surface area contributed by atoms with Gasteiger partial charge >= 0.3 is 0 Å². The average Bonchev–Trinajstić information content (AvgIpc) is 3.57. The summed E-state index contributed by atoms with van der Waals surface area (Å²) in [5.74, 6) is 2.35. The van der Waals surface area contributed by atoms with E-state index >= 15 is 0 Å². The minimum Gasteiger partial charge on any atom is -0.497 e. The van der Waals surface area contributed by atoms with E-state index in [1.54, 1.807) is 17.8 Å². The van der Waals surface area contributed by atoms with Crippen LogP contribution in [0.3, 0.4) is 0 Å². The number of imidazole rings is 1. The molecule has 0 aliphatic heterocycles. The van der Waals surface area contributed by atoms with Crippen LogP contribution in [0, 0.1) is 0 Å². The summed E-state index contributed by atoms with van der Waals surface area (Å²) < 4.78 is 9.13. The monoisotopic (exact) mass is 465 g/mol. The molecule has 34 heavy (non-hydrogen) atoms. The molecule has 0 unspecified atom stereocenters. The summed E-state index contributed by atoms with van der Waals surface area (Å²) in [5.41, 5.74) is 3.79. The van der Waals surface area contributed by atoms with Gasteiger partial charge in [-0.1, -0.05) is 47.7 Å². The average molecular weight is 466 g/mol. The van der Waals surface area contributed by atoms with Gasteiger partial charge in [0.25, 0.3) is 0 Å². The molecule has 0 saturated carbocycles. The Morgan fingerprint density at radius 1 is 0.941 bits per heavy atom. The normalized spacial score (nSPS) is 11.7. The summed E-state index contributed by atoms with van der Waals surface area (Å²) in [6.07, 6.45) is 5.78. The second-order valence-corrected chi connectivity index (χ2v) is 8.57. The van der Waals surface area contributed by atoms with Gasteiger partial charge in [-0.15, -0.1) is 10.2 Å². The molecule has 6 rings (SSSR count). The zero-order valence-corrected chi connectivity index (χ0v) is 19.1. The maximum atomic E-state index is 5.22. The van der Waals surface area contributed by atoms with Crippen LogP contribution < -0.4 is 4.74 Å². The van der Waals surface area contributed by atoms with Crippen LogP contribution >= 0.6 is 11.3 Å². The number of hydrogen-bond acceptors (Lipinski definition) is 7. The molecule has 0 bridgehead atoms. The topological polar surface area (TPSA) is 83.0 Å². The van der Waals surface area contributed by atoms with Crippen LogP contribution in [0.2, 0.25) is 0 Å². The van der Waals surface area contributed by atoms with E-state index in [0.717, 1.165) is 49.7 Å². The summed E-state index contributed by atoms with van der Waals surface area (Å²) in [6.45, 7) is 0.471. The third kappa shape index (κ3) is 3.71. The molecule has 0 aliphatic carbocycles. The Kier molecular flexibility index (Phi) is 5.08. The van der Waals surface area contributed by atoms with E-state index in [0.29, 0.717) is 6.54 Å². The summed E-state index contributed by atoms with van der Waals surface area (Å²) in [6, 6.07) is 21.7. The van der Waals surface area contributed by atoms with Gasteiger partial charge in [-0.05, 0) is 48.0 Å². The number of rotatable bonds is 6. The molecule has 0 aliphatic rings. The predicted octanol–water partition coefficient (Wildman–Crippen LogP) is 4.82. The molecule has 8 nitrogen and oxygen atoms in total. The van der Waals surface area contributed by atoms with Gasteiger partial charge in [-0.2, -0.15) is 9.61 Å². The van der Waals surface area contributed by atoms with Crippen molar-refractivity contribution in [1.29, 1.82) is 0 Å². The molecule has 0 spiro atoms. The van der Waals surface area contributed by atoms with Gasteiger partial charge in [0, 0.05) is 6.20 Å². The van der Waals surface area contributed by atoms with E-state index in [-0.39, 0.29) is 0 Å². The zero-order chi connectivity index (χ0) is 22.9. The van der Waals surface area contributed by atoms with Crippen molar-refractivity contribution < 1.29 is 4.74 Å². The lowest BCUT2D eigenvalue weighted by Gasteiger charge is -2.07. The first kappa shape index (κ1) is 20.3. The third-order valence-electron chi connectivity index (χ3n) is 5.45. The van der Waals surface area contributed by atoms with Crippen LogP contribution in [-0.2, 0) is 6.54 Å². The Labute approximate surface area is 198 Å². The number of hydrogen-bond donors (Lipinski definition) is 0. The number of para-hydroxylation sites is 2. The van der Waals surface area contributed by atoms with Crippen molar-refractivity contribution in [3.05, 3.63) is 89.3 Å². The lowest BCUT2D eigenvalue weighted by Crippen LogP contribution is -2.07. The van der Waals surface area contributed by atoms with Crippen molar-refractivity contribution in [3.8, 4) is 17.3 Å². The van der Waals surface area contributed by atoms with Gasteiger partial charge in [-0.25, -0.2) is 4.98 Å². The molecule has 9 heteroatoms. The smallest absolute Gasteiger partial charge is 0.235 e. The molecule has 0 radical (unpaired) electrons. The lowest BCUT2D eigenvalue weighted by molar-refractivity contribution is 0.415. The van der Waals surface area contributed by atoms with Gasteiger partial charge in [0.2, 0.25) is 4.96 Å². The maximum absolute atomic E-state index is 5.22. The molecular formula is C25H19N7OS. The Morgan fingerprint density at radius 3 is 2.62 bits per heavy atom. The summed E-state index contributed by atoms with van der Waals surface area (Å²) in [4.78, 5) is 10.1. The van der Waals surface area contributed by atoms with Crippen LogP contribution in [0.5, 0.6) is 5.75 Å². The Morgan fingerprint density at radius 2 is 1.79 bits per heavy atom. The van der Waals surface area contributed by atoms with Gasteiger partial charge in [0.15, 0.2) is 11.6 Å². The fraction of sp³-hybridized carbons (Fsp3) is 0.0800. The molecule has 0 fully saturated rings. The van der Waals surface area contributed by atoms with Crippen LogP contribution in [0.4, 0.5) is 0 Å². The number of methoxy groups -OCH3 is 1. The highest BCUT2D eigenvalue weighted by Gasteiger charge is 2.17. The molecular weight excluding hydrogens is 446 g/mol. The number of nitrogens with zero attached hydrogens (tertiary/aromatic N) is 7. The zero-order valence-electron chi connectivity index (χ0n) is 18.2. The molecule has 2 aromatic carbocycles. The van der Waals surface area contributed by atoms with Crippen LogP contribution in [0.1, 0.15) is 16.4 Å². The third-order valence-corrected chi connectivity index (χ3v) is 6.32. The molecule has 4 heterocycles. The second-order valence-electron chi connectivity index (χ2n) is 7.58. The van der Waals surface area contributed by atoms with Crippen molar-refractivity contribution in [2.75, 3.05) is 7.11 Å². The van der Waals surface area contributed by atoms with Gasteiger partial charge < -0.3 is 9.30 Å². The number of aromatic nitrogens is 7.